The second kappa shape index (κ2) is 8.02. The van der Waals surface area contributed by atoms with Gasteiger partial charge in [0, 0.05) is 24.7 Å². The maximum atomic E-state index is 11.4. The summed E-state index contributed by atoms with van der Waals surface area (Å²) in [5, 5.41) is 2.76. The molecule has 96 valence electrons. The Morgan fingerprint density at radius 3 is 3.00 bits per heavy atom. The quantitative estimate of drug-likeness (QED) is 0.436. The van der Waals surface area contributed by atoms with Crippen molar-refractivity contribution in [2.45, 2.75) is 19.3 Å². The molecule has 0 aliphatic carbocycles. The van der Waals surface area contributed by atoms with Gasteiger partial charge in [-0.15, -0.1) is 12.3 Å². The fourth-order valence-corrected chi connectivity index (χ4v) is 1.38. The van der Waals surface area contributed by atoms with Crippen molar-refractivity contribution in [2.75, 3.05) is 18.9 Å². The molecule has 1 amide bonds. The van der Waals surface area contributed by atoms with Crippen molar-refractivity contribution in [3.8, 4) is 18.1 Å². The monoisotopic (exact) mass is 246 g/mol. The van der Waals surface area contributed by atoms with Crippen LogP contribution >= 0.6 is 0 Å². The zero-order valence-corrected chi connectivity index (χ0v) is 10.3. The summed E-state index contributed by atoms with van der Waals surface area (Å²) >= 11 is 0. The maximum Gasteiger partial charge on any atom is 0.257 e. The number of rotatable bonds is 7. The molecule has 0 radical (unpaired) electrons. The average Bonchev–Trinajstić information content (AvgIpc) is 2.36. The Hall–Kier alpha value is -2.15. The van der Waals surface area contributed by atoms with Crippen LogP contribution in [-0.2, 0) is 4.79 Å². The average molecular weight is 246 g/mol. The Kier molecular flexibility index (Phi) is 6.20. The Labute approximate surface area is 108 Å². The van der Waals surface area contributed by atoms with Crippen molar-refractivity contribution in [1.29, 1.82) is 0 Å². The fourth-order valence-electron chi connectivity index (χ4n) is 1.38. The molecule has 4 heteroatoms. The first-order chi connectivity index (χ1) is 8.72. The van der Waals surface area contributed by atoms with Crippen LogP contribution in [0.4, 0.5) is 5.69 Å². The number of anilines is 1. The predicted molar refractivity (Wildman–Crippen MR) is 72.0 cm³/mol. The summed E-state index contributed by atoms with van der Waals surface area (Å²) in [7, 11) is 0. The Morgan fingerprint density at radius 1 is 1.44 bits per heavy atom. The molecule has 0 spiro atoms. The lowest BCUT2D eigenvalue weighted by Gasteiger charge is -2.07. The number of terminal acetylenes is 1. The van der Waals surface area contributed by atoms with E-state index in [0.29, 0.717) is 18.0 Å². The Balaban J connectivity index is 2.15. The molecule has 0 aliphatic rings. The minimum atomic E-state index is -0.141. The summed E-state index contributed by atoms with van der Waals surface area (Å²) in [6.45, 7) is 0.624. The molecule has 0 aliphatic heterocycles. The Morgan fingerprint density at radius 2 is 2.28 bits per heavy atom. The van der Waals surface area contributed by atoms with Crippen LogP contribution in [0.3, 0.4) is 0 Å². The van der Waals surface area contributed by atoms with E-state index in [1.54, 1.807) is 24.3 Å². The zero-order chi connectivity index (χ0) is 13.2. The van der Waals surface area contributed by atoms with Crippen molar-refractivity contribution >= 4 is 11.6 Å². The molecule has 0 heterocycles. The highest BCUT2D eigenvalue weighted by atomic mass is 16.5. The standard InChI is InChI=1S/C14H18N2O2/c1-2-3-4-5-9-16-14(17)11-18-13-8-6-7-12(15)10-13/h1,6-8,10H,3-5,9,11,15H2,(H,16,17). The second-order valence-corrected chi connectivity index (χ2v) is 3.87. The summed E-state index contributed by atoms with van der Waals surface area (Å²) in [5.74, 6) is 3.01. The molecule has 0 atom stereocenters. The molecule has 0 aromatic heterocycles. The number of amides is 1. The number of ether oxygens (including phenoxy) is 1. The molecule has 3 N–H and O–H groups in total. The van der Waals surface area contributed by atoms with Crippen LogP contribution in [0.1, 0.15) is 19.3 Å². The lowest BCUT2D eigenvalue weighted by molar-refractivity contribution is -0.123. The summed E-state index contributed by atoms with van der Waals surface area (Å²) in [5.41, 5.74) is 6.21. The van der Waals surface area contributed by atoms with E-state index in [4.69, 9.17) is 16.9 Å². The van der Waals surface area contributed by atoms with Crippen molar-refractivity contribution in [2.24, 2.45) is 0 Å². The summed E-state index contributed by atoms with van der Waals surface area (Å²) in [6.07, 6.45) is 7.68. The lowest BCUT2D eigenvalue weighted by Crippen LogP contribution is -2.29. The molecule has 18 heavy (non-hydrogen) atoms. The number of nitrogens with two attached hydrogens (primary N) is 1. The van der Waals surface area contributed by atoms with Gasteiger partial charge in [-0.3, -0.25) is 4.79 Å². The minimum absolute atomic E-state index is 0.00140. The number of unbranched alkanes of at least 4 members (excludes halogenated alkanes) is 2. The van der Waals surface area contributed by atoms with E-state index < -0.39 is 0 Å². The molecule has 0 unspecified atom stereocenters. The van der Waals surface area contributed by atoms with Gasteiger partial charge in [-0.25, -0.2) is 0 Å². The molecule has 4 nitrogen and oxygen atoms in total. The fraction of sp³-hybridized carbons (Fsp3) is 0.357. The van der Waals surface area contributed by atoms with Crippen molar-refractivity contribution in [1.82, 2.24) is 5.32 Å². The third-order valence-electron chi connectivity index (χ3n) is 2.30. The van der Waals surface area contributed by atoms with E-state index >= 15 is 0 Å². The molecular weight excluding hydrogens is 228 g/mol. The van der Waals surface area contributed by atoms with E-state index in [2.05, 4.69) is 11.2 Å². The SMILES string of the molecule is C#CCCCCNC(=O)COc1cccc(N)c1. The topological polar surface area (TPSA) is 64.3 Å². The van der Waals surface area contributed by atoms with Gasteiger partial charge in [0.15, 0.2) is 6.61 Å². The third kappa shape index (κ3) is 5.80. The van der Waals surface area contributed by atoms with Crippen LogP contribution in [0.2, 0.25) is 0 Å². The number of nitrogens with one attached hydrogen (secondary N) is 1. The number of carbonyl (C=O) groups excluding carboxylic acids is 1. The van der Waals surface area contributed by atoms with E-state index in [9.17, 15) is 4.79 Å². The van der Waals surface area contributed by atoms with Gasteiger partial charge in [-0.05, 0) is 25.0 Å². The highest BCUT2D eigenvalue weighted by Gasteiger charge is 2.02. The van der Waals surface area contributed by atoms with Crippen LogP contribution in [0, 0.1) is 12.3 Å². The summed E-state index contributed by atoms with van der Waals surface area (Å²) in [6, 6.07) is 6.98. The minimum Gasteiger partial charge on any atom is -0.484 e. The van der Waals surface area contributed by atoms with Crippen LogP contribution in [0.25, 0.3) is 0 Å². The van der Waals surface area contributed by atoms with E-state index in [1.807, 2.05) is 0 Å². The van der Waals surface area contributed by atoms with Crippen LogP contribution < -0.4 is 15.8 Å². The number of carbonyl (C=O) groups is 1. The first kappa shape index (κ1) is 13.9. The molecular formula is C14H18N2O2. The van der Waals surface area contributed by atoms with Crippen molar-refractivity contribution in [3.05, 3.63) is 24.3 Å². The molecule has 0 saturated heterocycles. The molecule has 1 rings (SSSR count). The maximum absolute atomic E-state index is 11.4. The molecule has 1 aromatic carbocycles. The van der Waals surface area contributed by atoms with E-state index in [1.165, 1.54) is 0 Å². The summed E-state index contributed by atoms with van der Waals surface area (Å²) < 4.78 is 5.30. The number of hydrogen-bond acceptors (Lipinski definition) is 3. The highest BCUT2D eigenvalue weighted by Crippen LogP contribution is 2.13. The van der Waals surface area contributed by atoms with Gasteiger partial charge in [0.1, 0.15) is 5.75 Å². The first-order valence-corrected chi connectivity index (χ1v) is 5.91. The smallest absolute Gasteiger partial charge is 0.257 e. The normalized spacial score (nSPS) is 9.50. The van der Waals surface area contributed by atoms with Gasteiger partial charge in [-0.2, -0.15) is 0 Å². The van der Waals surface area contributed by atoms with E-state index in [0.717, 1.165) is 19.3 Å². The molecule has 1 aromatic rings. The lowest BCUT2D eigenvalue weighted by atomic mass is 10.2. The van der Waals surface area contributed by atoms with Gasteiger partial charge in [0.25, 0.3) is 5.91 Å². The number of benzene rings is 1. The third-order valence-corrected chi connectivity index (χ3v) is 2.30. The van der Waals surface area contributed by atoms with Gasteiger partial charge in [-0.1, -0.05) is 6.07 Å². The summed E-state index contributed by atoms with van der Waals surface area (Å²) in [4.78, 5) is 11.4. The molecule has 0 saturated carbocycles. The first-order valence-electron chi connectivity index (χ1n) is 5.91. The molecule has 0 fully saturated rings. The predicted octanol–water partition coefficient (Wildman–Crippen LogP) is 1.57. The van der Waals surface area contributed by atoms with E-state index in [-0.39, 0.29) is 12.5 Å². The highest BCUT2D eigenvalue weighted by molar-refractivity contribution is 5.77. The van der Waals surface area contributed by atoms with Crippen molar-refractivity contribution in [3.63, 3.8) is 0 Å². The van der Waals surface area contributed by atoms with Gasteiger partial charge in [0.05, 0.1) is 0 Å². The van der Waals surface area contributed by atoms with Gasteiger partial charge in [0.2, 0.25) is 0 Å². The molecule has 0 bridgehead atoms. The largest absolute Gasteiger partial charge is 0.484 e. The number of hydrogen-bond donors (Lipinski definition) is 2. The Bertz CT molecular complexity index is 424. The second-order valence-electron chi connectivity index (χ2n) is 3.87. The van der Waals surface area contributed by atoms with Gasteiger partial charge < -0.3 is 15.8 Å². The van der Waals surface area contributed by atoms with Crippen molar-refractivity contribution < 1.29 is 9.53 Å². The zero-order valence-electron chi connectivity index (χ0n) is 10.3. The number of nitrogen functional groups attached to an aromatic ring is 1. The van der Waals surface area contributed by atoms with Crippen LogP contribution in [-0.4, -0.2) is 19.1 Å². The van der Waals surface area contributed by atoms with Crippen LogP contribution in [0.15, 0.2) is 24.3 Å². The van der Waals surface area contributed by atoms with Gasteiger partial charge >= 0.3 is 0 Å². The van der Waals surface area contributed by atoms with Crippen LogP contribution in [0.5, 0.6) is 5.75 Å².